The van der Waals surface area contributed by atoms with Gasteiger partial charge in [-0.05, 0) is 23.1 Å². The fourth-order valence-corrected chi connectivity index (χ4v) is 1.50. The number of phenolic OH excluding ortho intramolecular Hbond substituents is 1. The zero-order valence-corrected chi connectivity index (χ0v) is 8.93. The van der Waals surface area contributed by atoms with Gasteiger partial charge >= 0.3 is 0 Å². The van der Waals surface area contributed by atoms with Gasteiger partial charge in [0.2, 0.25) is 0 Å². The third-order valence-corrected chi connectivity index (χ3v) is 2.52. The van der Waals surface area contributed by atoms with Crippen LogP contribution in [0, 0.1) is 0 Å². The van der Waals surface area contributed by atoms with Crippen molar-refractivity contribution in [2.45, 2.75) is 25.1 Å². The molecule has 1 rings (SSSR count). The number of halogens is 1. The number of rotatable bonds is 2. The molecule has 1 N–H and O–H groups in total. The average molecular weight is 229 g/mol. The van der Waals surface area contributed by atoms with Gasteiger partial charge in [-0.3, -0.25) is 0 Å². The summed E-state index contributed by atoms with van der Waals surface area (Å²) in [6.45, 7) is 4.15. The minimum absolute atomic E-state index is 0.379. The molecule has 0 saturated carbocycles. The third-order valence-electron chi connectivity index (χ3n) is 1.87. The molecule has 0 aliphatic heterocycles. The van der Waals surface area contributed by atoms with E-state index in [1.807, 2.05) is 12.1 Å². The van der Waals surface area contributed by atoms with E-state index in [-0.39, 0.29) is 0 Å². The van der Waals surface area contributed by atoms with Crippen LogP contribution < -0.4 is 0 Å². The van der Waals surface area contributed by atoms with Gasteiger partial charge in [0.15, 0.2) is 0 Å². The van der Waals surface area contributed by atoms with Crippen LogP contribution in [-0.4, -0.2) is 5.11 Å². The molecule has 0 heterocycles. The molecule has 12 heavy (non-hydrogen) atoms. The molecule has 0 aliphatic carbocycles. The van der Waals surface area contributed by atoms with Crippen LogP contribution in [0.3, 0.4) is 0 Å². The molecule has 0 radical (unpaired) electrons. The quantitative estimate of drug-likeness (QED) is 0.770. The Morgan fingerprint density at radius 1 is 1.42 bits per heavy atom. The summed E-state index contributed by atoms with van der Waals surface area (Å²) in [5, 5.41) is 10.3. The molecular weight excluding hydrogens is 216 g/mol. The maximum absolute atomic E-state index is 9.49. The maximum atomic E-state index is 9.49. The van der Waals surface area contributed by atoms with Gasteiger partial charge in [0.05, 0.1) is 0 Å². The van der Waals surface area contributed by atoms with Crippen LogP contribution in [0.2, 0.25) is 0 Å². The van der Waals surface area contributed by atoms with Gasteiger partial charge in [-0.1, -0.05) is 41.9 Å². The second-order valence-electron chi connectivity index (χ2n) is 3.18. The van der Waals surface area contributed by atoms with E-state index in [0.717, 1.165) is 10.9 Å². The highest BCUT2D eigenvalue weighted by Gasteiger charge is 2.05. The molecule has 0 aliphatic rings. The van der Waals surface area contributed by atoms with Crippen molar-refractivity contribution in [1.82, 2.24) is 0 Å². The van der Waals surface area contributed by atoms with E-state index >= 15 is 0 Å². The smallest absolute Gasteiger partial charge is 0.119 e. The second-order valence-corrected chi connectivity index (χ2v) is 3.74. The maximum Gasteiger partial charge on any atom is 0.119 e. The van der Waals surface area contributed by atoms with Gasteiger partial charge in [-0.25, -0.2) is 0 Å². The Morgan fingerprint density at radius 3 is 2.58 bits per heavy atom. The van der Waals surface area contributed by atoms with Gasteiger partial charge < -0.3 is 5.11 Å². The topological polar surface area (TPSA) is 20.2 Å². The van der Waals surface area contributed by atoms with E-state index in [0.29, 0.717) is 11.7 Å². The molecule has 0 aromatic heterocycles. The summed E-state index contributed by atoms with van der Waals surface area (Å²) in [4.78, 5) is 0. The van der Waals surface area contributed by atoms with E-state index in [1.54, 1.807) is 6.07 Å². The van der Waals surface area contributed by atoms with Crippen LogP contribution >= 0.6 is 15.9 Å². The van der Waals surface area contributed by atoms with E-state index in [1.165, 1.54) is 5.56 Å². The Morgan fingerprint density at radius 2 is 2.08 bits per heavy atom. The van der Waals surface area contributed by atoms with Crippen LogP contribution in [0.1, 0.15) is 30.9 Å². The van der Waals surface area contributed by atoms with Gasteiger partial charge in [0.1, 0.15) is 5.75 Å². The Bertz CT molecular complexity index is 269. The summed E-state index contributed by atoms with van der Waals surface area (Å²) < 4.78 is 0. The minimum atomic E-state index is 0.379. The van der Waals surface area contributed by atoms with Crippen molar-refractivity contribution in [3.63, 3.8) is 0 Å². The molecule has 0 atom stereocenters. The van der Waals surface area contributed by atoms with Crippen LogP contribution in [0.4, 0.5) is 0 Å². The molecule has 1 nitrogen and oxygen atoms in total. The summed E-state index contributed by atoms with van der Waals surface area (Å²) in [6, 6.07) is 5.72. The van der Waals surface area contributed by atoms with Gasteiger partial charge in [-0.15, -0.1) is 0 Å². The molecule has 2 heteroatoms. The lowest BCUT2D eigenvalue weighted by molar-refractivity contribution is 0.464. The van der Waals surface area contributed by atoms with Crippen molar-refractivity contribution in [2.24, 2.45) is 0 Å². The fourth-order valence-electron chi connectivity index (χ4n) is 1.15. The summed E-state index contributed by atoms with van der Waals surface area (Å²) in [6.07, 6.45) is 0. The Kier molecular flexibility index (Phi) is 3.15. The third kappa shape index (κ3) is 2.01. The Balaban J connectivity index is 3.08. The lowest BCUT2D eigenvalue weighted by Gasteiger charge is -2.09. The van der Waals surface area contributed by atoms with Crippen LogP contribution in [0.15, 0.2) is 18.2 Å². The highest BCUT2D eigenvalue weighted by molar-refractivity contribution is 9.08. The number of benzene rings is 1. The van der Waals surface area contributed by atoms with E-state index in [9.17, 15) is 5.11 Å². The molecule has 0 unspecified atom stereocenters. The van der Waals surface area contributed by atoms with Crippen molar-refractivity contribution in [3.05, 3.63) is 29.3 Å². The molecule has 66 valence electrons. The average Bonchev–Trinajstić information content (AvgIpc) is 2.05. The number of hydrogen-bond donors (Lipinski definition) is 1. The molecule has 0 fully saturated rings. The first kappa shape index (κ1) is 9.59. The lowest BCUT2D eigenvalue weighted by Crippen LogP contribution is -1.89. The molecule has 0 spiro atoms. The largest absolute Gasteiger partial charge is 0.508 e. The summed E-state index contributed by atoms with van der Waals surface area (Å²) >= 11 is 3.38. The zero-order chi connectivity index (χ0) is 9.14. The van der Waals surface area contributed by atoms with Crippen molar-refractivity contribution < 1.29 is 5.11 Å². The normalized spacial score (nSPS) is 10.7. The fraction of sp³-hybridized carbons (Fsp3) is 0.400. The SMILES string of the molecule is CC(C)c1cc(CBr)ccc1O. The van der Waals surface area contributed by atoms with E-state index in [2.05, 4.69) is 29.8 Å². The van der Waals surface area contributed by atoms with Crippen molar-refractivity contribution in [2.75, 3.05) is 0 Å². The van der Waals surface area contributed by atoms with Crippen LogP contribution in [0.5, 0.6) is 5.75 Å². The number of aromatic hydroxyl groups is 1. The highest BCUT2D eigenvalue weighted by atomic mass is 79.9. The van der Waals surface area contributed by atoms with Crippen LogP contribution in [-0.2, 0) is 5.33 Å². The lowest BCUT2D eigenvalue weighted by atomic mass is 10.0. The zero-order valence-electron chi connectivity index (χ0n) is 7.34. The summed E-state index contributed by atoms with van der Waals surface area (Å²) in [5.41, 5.74) is 2.23. The Labute approximate surface area is 81.6 Å². The van der Waals surface area contributed by atoms with Crippen molar-refractivity contribution in [3.8, 4) is 5.75 Å². The highest BCUT2D eigenvalue weighted by Crippen LogP contribution is 2.26. The number of hydrogen-bond acceptors (Lipinski definition) is 1. The van der Waals surface area contributed by atoms with E-state index in [4.69, 9.17) is 0 Å². The summed E-state index contributed by atoms with van der Waals surface area (Å²) in [5.74, 6) is 0.777. The number of phenols is 1. The minimum Gasteiger partial charge on any atom is -0.508 e. The van der Waals surface area contributed by atoms with Gasteiger partial charge in [-0.2, -0.15) is 0 Å². The molecule has 0 amide bonds. The molecular formula is C10H13BrO. The molecule has 0 saturated heterocycles. The first-order valence-corrected chi connectivity index (χ1v) is 5.15. The first-order chi connectivity index (χ1) is 5.65. The molecule has 0 bridgehead atoms. The predicted octanol–water partition coefficient (Wildman–Crippen LogP) is 3.41. The molecule has 1 aromatic rings. The van der Waals surface area contributed by atoms with E-state index < -0.39 is 0 Å². The first-order valence-electron chi connectivity index (χ1n) is 4.03. The second kappa shape index (κ2) is 3.94. The predicted molar refractivity (Wildman–Crippen MR) is 54.8 cm³/mol. The van der Waals surface area contributed by atoms with Crippen molar-refractivity contribution in [1.29, 1.82) is 0 Å². The van der Waals surface area contributed by atoms with Crippen LogP contribution in [0.25, 0.3) is 0 Å². The monoisotopic (exact) mass is 228 g/mol. The standard InChI is InChI=1S/C10H13BrO/c1-7(2)9-5-8(6-11)3-4-10(9)12/h3-5,7,12H,6H2,1-2H3. The van der Waals surface area contributed by atoms with Gasteiger partial charge in [0.25, 0.3) is 0 Å². The number of alkyl halides is 1. The Hall–Kier alpha value is -0.500. The molecule has 1 aromatic carbocycles. The van der Waals surface area contributed by atoms with Crippen molar-refractivity contribution >= 4 is 15.9 Å². The summed E-state index contributed by atoms with van der Waals surface area (Å²) in [7, 11) is 0. The van der Waals surface area contributed by atoms with Gasteiger partial charge in [0, 0.05) is 5.33 Å².